The molecule has 0 unspecified atom stereocenters. The first kappa shape index (κ1) is 16.2. The second-order valence-electron chi connectivity index (χ2n) is 5.45. The molecule has 130 valence electrons. The summed E-state index contributed by atoms with van der Waals surface area (Å²) in [6.45, 7) is 0.241. The molecule has 3 aromatic heterocycles. The van der Waals surface area contributed by atoms with Crippen LogP contribution >= 0.6 is 11.3 Å². The number of amides is 1. The molecule has 0 aliphatic rings. The van der Waals surface area contributed by atoms with Crippen molar-refractivity contribution in [3.63, 3.8) is 0 Å². The van der Waals surface area contributed by atoms with E-state index < -0.39 is 17.3 Å². The van der Waals surface area contributed by atoms with E-state index in [-0.39, 0.29) is 12.2 Å². The summed E-state index contributed by atoms with van der Waals surface area (Å²) in [5, 5.41) is 8.71. The van der Waals surface area contributed by atoms with Crippen LogP contribution in [0.15, 0.2) is 59.0 Å². The molecule has 0 aliphatic heterocycles. The smallest absolute Gasteiger partial charge is 0.272 e. The first-order valence-corrected chi connectivity index (χ1v) is 8.54. The summed E-state index contributed by atoms with van der Waals surface area (Å²) in [4.78, 5) is 29.6. The SMILES string of the molecule is O=C(NCc1cn2ccsc2n1)c1ccc(=O)n(-c2ccc(F)cc2)n1. The summed E-state index contributed by atoms with van der Waals surface area (Å²) in [7, 11) is 0. The van der Waals surface area contributed by atoms with Gasteiger partial charge in [-0.3, -0.25) is 14.0 Å². The van der Waals surface area contributed by atoms with Crippen LogP contribution in [-0.2, 0) is 6.54 Å². The lowest BCUT2D eigenvalue weighted by atomic mass is 10.3. The zero-order chi connectivity index (χ0) is 18.1. The minimum Gasteiger partial charge on any atom is -0.345 e. The molecule has 0 fully saturated rings. The van der Waals surface area contributed by atoms with Gasteiger partial charge in [0.05, 0.1) is 17.9 Å². The van der Waals surface area contributed by atoms with Gasteiger partial charge in [0.2, 0.25) is 0 Å². The Labute approximate surface area is 150 Å². The number of aromatic nitrogens is 4. The highest BCUT2D eigenvalue weighted by Crippen LogP contribution is 2.11. The van der Waals surface area contributed by atoms with E-state index in [0.717, 1.165) is 15.3 Å². The van der Waals surface area contributed by atoms with Gasteiger partial charge < -0.3 is 5.32 Å². The Morgan fingerprint density at radius 2 is 2.00 bits per heavy atom. The van der Waals surface area contributed by atoms with Gasteiger partial charge in [-0.2, -0.15) is 9.78 Å². The predicted molar refractivity (Wildman–Crippen MR) is 94.0 cm³/mol. The molecule has 3 heterocycles. The van der Waals surface area contributed by atoms with Crippen molar-refractivity contribution in [2.24, 2.45) is 0 Å². The molecule has 26 heavy (non-hydrogen) atoms. The Kier molecular flexibility index (Phi) is 4.05. The quantitative estimate of drug-likeness (QED) is 0.597. The number of hydrogen-bond donors (Lipinski definition) is 1. The molecule has 4 aromatic rings. The molecule has 0 radical (unpaired) electrons. The third-order valence-corrected chi connectivity index (χ3v) is 4.45. The van der Waals surface area contributed by atoms with Crippen molar-refractivity contribution in [1.82, 2.24) is 24.5 Å². The lowest BCUT2D eigenvalue weighted by Crippen LogP contribution is -2.28. The van der Waals surface area contributed by atoms with Crippen LogP contribution in [0.5, 0.6) is 0 Å². The van der Waals surface area contributed by atoms with Gasteiger partial charge in [0.1, 0.15) is 11.5 Å². The van der Waals surface area contributed by atoms with Gasteiger partial charge in [-0.05, 0) is 30.3 Å². The average molecular weight is 369 g/mol. The summed E-state index contributed by atoms with van der Waals surface area (Å²) in [5.74, 6) is -0.854. The molecule has 0 atom stereocenters. The van der Waals surface area contributed by atoms with E-state index in [9.17, 15) is 14.0 Å². The zero-order valence-corrected chi connectivity index (χ0v) is 14.1. The van der Waals surface area contributed by atoms with Crippen LogP contribution in [0, 0.1) is 5.82 Å². The maximum atomic E-state index is 13.0. The number of fused-ring (bicyclic) bond motifs is 1. The fourth-order valence-corrected chi connectivity index (χ4v) is 3.14. The molecule has 0 aliphatic carbocycles. The highest BCUT2D eigenvalue weighted by molar-refractivity contribution is 7.15. The van der Waals surface area contributed by atoms with Gasteiger partial charge in [-0.1, -0.05) is 0 Å². The van der Waals surface area contributed by atoms with Gasteiger partial charge in [0, 0.05) is 23.8 Å². The average Bonchev–Trinajstić information content (AvgIpc) is 3.22. The van der Waals surface area contributed by atoms with Crippen LogP contribution in [0.25, 0.3) is 10.6 Å². The Morgan fingerprint density at radius 3 is 2.77 bits per heavy atom. The number of carbonyl (C=O) groups excluding carboxylic acids is 1. The number of carbonyl (C=O) groups is 1. The molecule has 1 amide bonds. The van der Waals surface area contributed by atoms with E-state index in [0.29, 0.717) is 5.69 Å². The van der Waals surface area contributed by atoms with Crippen LogP contribution in [0.4, 0.5) is 4.39 Å². The number of benzene rings is 1. The molecule has 1 N–H and O–H groups in total. The number of rotatable bonds is 4. The third-order valence-electron chi connectivity index (χ3n) is 3.68. The van der Waals surface area contributed by atoms with Gasteiger partial charge in [0.15, 0.2) is 4.96 Å². The Morgan fingerprint density at radius 1 is 1.19 bits per heavy atom. The second kappa shape index (κ2) is 6.52. The molecular weight excluding hydrogens is 357 g/mol. The number of nitrogens with one attached hydrogen (secondary N) is 1. The Balaban J connectivity index is 1.54. The first-order valence-electron chi connectivity index (χ1n) is 7.66. The summed E-state index contributed by atoms with van der Waals surface area (Å²) in [6.07, 6.45) is 3.72. The fourth-order valence-electron chi connectivity index (χ4n) is 2.42. The lowest BCUT2D eigenvalue weighted by molar-refractivity contribution is 0.0943. The molecule has 7 nitrogen and oxygen atoms in total. The minimum absolute atomic E-state index is 0.0787. The molecular formula is C17H12FN5O2S. The van der Waals surface area contributed by atoms with Crippen LogP contribution in [0.3, 0.4) is 0 Å². The highest BCUT2D eigenvalue weighted by atomic mass is 32.1. The Bertz CT molecular complexity index is 1120. The van der Waals surface area contributed by atoms with Crippen molar-refractivity contribution in [2.75, 3.05) is 0 Å². The van der Waals surface area contributed by atoms with Crippen LogP contribution in [-0.4, -0.2) is 25.1 Å². The van der Waals surface area contributed by atoms with E-state index in [1.807, 2.05) is 22.2 Å². The maximum absolute atomic E-state index is 13.0. The number of thiazole rings is 1. The fraction of sp³-hybridized carbons (Fsp3) is 0.0588. The standard InChI is InChI=1S/C17H12FN5O2S/c18-11-1-3-13(4-2-11)23-15(24)6-5-14(21-23)16(25)19-9-12-10-22-7-8-26-17(22)20-12/h1-8,10H,9H2,(H,19,25). The van der Waals surface area contributed by atoms with Crippen molar-refractivity contribution in [3.8, 4) is 5.69 Å². The molecule has 0 saturated heterocycles. The molecule has 0 bridgehead atoms. The summed E-state index contributed by atoms with van der Waals surface area (Å²) in [6, 6.07) is 7.88. The second-order valence-corrected chi connectivity index (χ2v) is 6.33. The monoisotopic (exact) mass is 369 g/mol. The van der Waals surface area contributed by atoms with Crippen molar-refractivity contribution in [3.05, 3.63) is 81.7 Å². The lowest BCUT2D eigenvalue weighted by Gasteiger charge is -2.07. The van der Waals surface area contributed by atoms with Crippen LogP contribution < -0.4 is 10.9 Å². The van der Waals surface area contributed by atoms with Crippen molar-refractivity contribution >= 4 is 22.2 Å². The van der Waals surface area contributed by atoms with E-state index in [4.69, 9.17) is 0 Å². The van der Waals surface area contributed by atoms with Gasteiger partial charge in [0.25, 0.3) is 11.5 Å². The van der Waals surface area contributed by atoms with Crippen molar-refractivity contribution in [1.29, 1.82) is 0 Å². The van der Waals surface area contributed by atoms with E-state index in [1.165, 1.54) is 47.7 Å². The number of imidazole rings is 1. The minimum atomic E-state index is -0.433. The van der Waals surface area contributed by atoms with Crippen molar-refractivity contribution < 1.29 is 9.18 Å². The number of hydrogen-bond acceptors (Lipinski definition) is 5. The number of halogens is 1. The zero-order valence-electron chi connectivity index (χ0n) is 13.3. The van der Waals surface area contributed by atoms with Crippen LogP contribution in [0.2, 0.25) is 0 Å². The topological polar surface area (TPSA) is 81.3 Å². The van der Waals surface area contributed by atoms with Gasteiger partial charge in [-0.15, -0.1) is 11.3 Å². The summed E-state index contributed by atoms with van der Waals surface area (Å²) < 4.78 is 16.0. The van der Waals surface area contributed by atoms with E-state index >= 15 is 0 Å². The normalized spacial score (nSPS) is 11.0. The van der Waals surface area contributed by atoms with Crippen molar-refractivity contribution in [2.45, 2.75) is 6.54 Å². The molecule has 1 aromatic carbocycles. The molecule has 0 spiro atoms. The number of nitrogens with zero attached hydrogens (tertiary/aromatic N) is 4. The Hall–Kier alpha value is -3.33. The third kappa shape index (κ3) is 3.11. The molecule has 4 rings (SSSR count). The van der Waals surface area contributed by atoms with Gasteiger partial charge in [-0.25, -0.2) is 9.37 Å². The maximum Gasteiger partial charge on any atom is 0.272 e. The first-order chi connectivity index (χ1) is 12.6. The largest absolute Gasteiger partial charge is 0.345 e. The van der Waals surface area contributed by atoms with E-state index in [2.05, 4.69) is 15.4 Å². The molecule has 9 heteroatoms. The molecule has 0 saturated carbocycles. The summed E-state index contributed by atoms with van der Waals surface area (Å²) >= 11 is 1.50. The van der Waals surface area contributed by atoms with Crippen LogP contribution in [0.1, 0.15) is 16.2 Å². The summed E-state index contributed by atoms with van der Waals surface area (Å²) in [5.41, 5.74) is 0.759. The predicted octanol–water partition coefficient (Wildman–Crippen LogP) is 2.01. The van der Waals surface area contributed by atoms with Gasteiger partial charge >= 0.3 is 0 Å². The highest BCUT2D eigenvalue weighted by Gasteiger charge is 2.12. The van der Waals surface area contributed by atoms with E-state index in [1.54, 1.807) is 0 Å².